The Morgan fingerprint density at radius 2 is 2.19 bits per heavy atom. The fourth-order valence-electron chi connectivity index (χ4n) is 1.07. The fourth-order valence-corrected chi connectivity index (χ4v) is 2.08. The van der Waals surface area contributed by atoms with Gasteiger partial charge in [0.25, 0.3) is 0 Å². The first-order valence-electron chi connectivity index (χ1n) is 4.33. The minimum atomic E-state index is -0.499. The maximum absolute atomic E-state index is 13.1. The van der Waals surface area contributed by atoms with Crippen LogP contribution in [0.2, 0.25) is 9.49 Å². The molecule has 0 unspecified atom stereocenters. The van der Waals surface area contributed by atoms with Gasteiger partial charge in [-0.05, 0) is 12.1 Å². The Bertz CT molecular complexity index is 503. The van der Waals surface area contributed by atoms with Crippen LogP contribution in [-0.2, 0) is 6.61 Å². The van der Waals surface area contributed by atoms with E-state index in [1.807, 2.05) is 0 Å². The number of halogens is 3. The molecular weight excluding hydrogens is 272 g/mol. The van der Waals surface area contributed by atoms with Crippen molar-refractivity contribution in [2.45, 2.75) is 6.61 Å². The third kappa shape index (κ3) is 2.84. The van der Waals surface area contributed by atoms with Crippen molar-refractivity contribution in [2.24, 2.45) is 0 Å². The van der Waals surface area contributed by atoms with Crippen LogP contribution in [0.1, 0.15) is 4.88 Å². The first-order chi connectivity index (χ1) is 7.65. The molecule has 2 nitrogen and oxygen atoms in total. The lowest BCUT2D eigenvalue weighted by atomic mass is 10.3. The molecule has 0 saturated carbocycles. The third-order valence-electron chi connectivity index (χ3n) is 1.80. The smallest absolute Gasteiger partial charge is 0.183 e. The van der Waals surface area contributed by atoms with Crippen LogP contribution in [0.25, 0.3) is 0 Å². The van der Waals surface area contributed by atoms with Crippen molar-refractivity contribution < 1.29 is 9.13 Å². The maximum Gasteiger partial charge on any atom is 0.183 e. The van der Waals surface area contributed by atoms with Gasteiger partial charge in [-0.2, -0.15) is 0 Å². The van der Waals surface area contributed by atoms with E-state index >= 15 is 0 Å². The van der Waals surface area contributed by atoms with Crippen molar-refractivity contribution in [3.63, 3.8) is 0 Å². The summed E-state index contributed by atoms with van der Waals surface area (Å²) in [6.45, 7) is 0.311. The molecule has 0 spiro atoms. The Morgan fingerprint density at radius 1 is 1.38 bits per heavy atom. The average molecular weight is 278 g/mol. The number of thiazole rings is 1. The van der Waals surface area contributed by atoms with Crippen LogP contribution in [0.4, 0.5) is 4.39 Å². The molecule has 0 fully saturated rings. The molecule has 1 aromatic heterocycles. The first kappa shape index (κ1) is 11.6. The topological polar surface area (TPSA) is 22.1 Å². The lowest BCUT2D eigenvalue weighted by molar-refractivity contribution is 0.308. The van der Waals surface area contributed by atoms with Gasteiger partial charge in [-0.3, -0.25) is 0 Å². The summed E-state index contributed by atoms with van der Waals surface area (Å²) in [5.41, 5.74) is 0. The Labute approximate surface area is 106 Å². The van der Waals surface area contributed by atoms with Gasteiger partial charge in [0.2, 0.25) is 0 Å². The monoisotopic (exact) mass is 277 g/mol. The van der Waals surface area contributed by atoms with Crippen molar-refractivity contribution in [1.82, 2.24) is 4.98 Å². The lowest BCUT2D eigenvalue weighted by Gasteiger charge is -2.04. The number of aromatic nitrogens is 1. The van der Waals surface area contributed by atoms with Gasteiger partial charge in [-0.15, -0.1) is 11.3 Å². The highest BCUT2D eigenvalue weighted by Crippen LogP contribution is 2.23. The van der Waals surface area contributed by atoms with E-state index in [0.29, 0.717) is 16.8 Å². The molecule has 1 aromatic carbocycles. The lowest BCUT2D eigenvalue weighted by Crippen LogP contribution is -1.93. The highest BCUT2D eigenvalue weighted by molar-refractivity contribution is 7.15. The van der Waals surface area contributed by atoms with E-state index in [0.717, 1.165) is 4.88 Å². The van der Waals surface area contributed by atoms with E-state index in [1.54, 1.807) is 12.3 Å². The molecule has 0 aliphatic heterocycles. The number of ether oxygens (including phenoxy) is 1. The highest BCUT2D eigenvalue weighted by atomic mass is 35.5. The average Bonchev–Trinajstić information content (AvgIpc) is 2.66. The molecule has 0 atom stereocenters. The summed E-state index contributed by atoms with van der Waals surface area (Å²) in [4.78, 5) is 4.74. The van der Waals surface area contributed by atoms with E-state index in [-0.39, 0.29) is 5.02 Å². The summed E-state index contributed by atoms with van der Waals surface area (Å²) >= 11 is 12.5. The third-order valence-corrected chi connectivity index (χ3v) is 3.19. The van der Waals surface area contributed by atoms with Gasteiger partial charge in [-0.1, -0.05) is 23.2 Å². The van der Waals surface area contributed by atoms with Gasteiger partial charge >= 0.3 is 0 Å². The van der Waals surface area contributed by atoms with Gasteiger partial charge in [0, 0.05) is 12.3 Å². The molecule has 0 aliphatic rings. The molecule has 6 heteroatoms. The first-order valence-corrected chi connectivity index (χ1v) is 5.90. The molecule has 0 aliphatic carbocycles. The number of nitrogens with zero attached hydrogens (tertiary/aromatic N) is 1. The van der Waals surface area contributed by atoms with Crippen molar-refractivity contribution in [3.8, 4) is 5.75 Å². The van der Waals surface area contributed by atoms with Crippen molar-refractivity contribution in [2.75, 3.05) is 0 Å². The normalized spacial score (nSPS) is 10.4. The quantitative estimate of drug-likeness (QED) is 0.840. The van der Waals surface area contributed by atoms with Gasteiger partial charge in [-0.25, -0.2) is 9.37 Å². The van der Waals surface area contributed by atoms with Crippen molar-refractivity contribution >= 4 is 34.5 Å². The summed E-state index contributed by atoms with van der Waals surface area (Å²) in [7, 11) is 0. The SMILES string of the molecule is Fc1cc(OCc2cnc(Cl)s2)ccc1Cl. The minimum Gasteiger partial charge on any atom is -0.488 e. The van der Waals surface area contributed by atoms with Crippen LogP contribution in [0, 0.1) is 5.82 Å². The number of hydrogen-bond donors (Lipinski definition) is 0. The summed E-state index contributed by atoms with van der Waals surface area (Å²) < 4.78 is 18.9. The maximum atomic E-state index is 13.1. The van der Waals surface area contributed by atoms with Crippen LogP contribution in [0.3, 0.4) is 0 Å². The summed E-state index contributed by atoms with van der Waals surface area (Å²) in [5, 5.41) is 0.0770. The molecule has 2 rings (SSSR count). The minimum absolute atomic E-state index is 0.0770. The summed E-state index contributed by atoms with van der Waals surface area (Å²) in [5.74, 6) is -0.0760. The number of benzene rings is 1. The molecule has 1 heterocycles. The van der Waals surface area contributed by atoms with Crippen LogP contribution in [-0.4, -0.2) is 4.98 Å². The molecular formula is C10H6Cl2FNOS. The second kappa shape index (κ2) is 4.99. The predicted molar refractivity (Wildman–Crippen MR) is 62.9 cm³/mol. The summed E-state index contributed by atoms with van der Waals surface area (Å²) in [6, 6.07) is 4.30. The summed E-state index contributed by atoms with van der Waals surface area (Å²) in [6.07, 6.45) is 1.62. The molecule has 0 amide bonds. The molecule has 84 valence electrons. The van der Waals surface area contributed by atoms with Gasteiger partial charge in [0.15, 0.2) is 4.47 Å². The van der Waals surface area contributed by atoms with Crippen molar-refractivity contribution in [1.29, 1.82) is 0 Å². The Morgan fingerprint density at radius 3 is 2.81 bits per heavy atom. The Balaban J connectivity index is 2.02. The molecule has 2 aromatic rings. The molecule has 0 bridgehead atoms. The standard InChI is InChI=1S/C10H6Cl2FNOS/c11-8-2-1-6(3-9(8)13)15-5-7-4-14-10(12)16-7/h1-4H,5H2. The molecule has 0 N–H and O–H groups in total. The fraction of sp³-hybridized carbons (Fsp3) is 0.100. The van der Waals surface area contributed by atoms with Crippen LogP contribution >= 0.6 is 34.5 Å². The molecule has 0 radical (unpaired) electrons. The van der Waals surface area contributed by atoms with E-state index in [2.05, 4.69) is 4.98 Å². The van der Waals surface area contributed by atoms with Crippen molar-refractivity contribution in [3.05, 3.63) is 44.6 Å². The largest absolute Gasteiger partial charge is 0.488 e. The van der Waals surface area contributed by atoms with Gasteiger partial charge in [0.1, 0.15) is 18.2 Å². The van der Waals surface area contributed by atoms with E-state index in [1.165, 1.54) is 23.5 Å². The zero-order valence-corrected chi connectivity index (χ0v) is 10.2. The van der Waals surface area contributed by atoms with E-state index in [9.17, 15) is 4.39 Å². The second-order valence-corrected chi connectivity index (χ2v) is 5.05. The van der Waals surface area contributed by atoms with Crippen LogP contribution in [0.15, 0.2) is 24.4 Å². The van der Waals surface area contributed by atoms with E-state index < -0.39 is 5.82 Å². The highest BCUT2D eigenvalue weighted by Gasteiger charge is 2.04. The molecule has 16 heavy (non-hydrogen) atoms. The van der Waals surface area contributed by atoms with Gasteiger partial charge < -0.3 is 4.74 Å². The Hall–Kier alpha value is -0.840. The zero-order chi connectivity index (χ0) is 11.5. The number of rotatable bonds is 3. The van der Waals surface area contributed by atoms with E-state index in [4.69, 9.17) is 27.9 Å². The van der Waals surface area contributed by atoms with Crippen LogP contribution < -0.4 is 4.74 Å². The van der Waals surface area contributed by atoms with Gasteiger partial charge in [0.05, 0.1) is 9.90 Å². The zero-order valence-electron chi connectivity index (χ0n) is 7.91. The molecule has 0 saturated heterocycles. The van der Waals surface area contributed by atoms with Crippen LogP contribution in [0.5, 0.6) is 5.75 Å². The number of hydrogen-bond acceptors (Lipinski definition) is 3. The second-order valence-electron chi connectivity index (χ2n) is 2.94. The Kier molecular flexibility index (Phi) is 3.63. The predicted octanol–water partition coefficient (Wildman–Crippen LogP) is 4.17.